The topological polar surface area (TPSA) is 66.6 Å². The number of hydrogen-bond donors (Lipinski definition) is 1. The molecule has 104 valence electrons. The molecule has 1 aliphatic rings. The lowest BCUT2D eigenvalue weighted by molar-refractivity contribution is 0.233. The monoisotopic (exact) mass is 285 g/mol. The summed E-state index contributed by atoms with van der Waals surface area (Å²) in [6, 6.07) is 0.103. The number of hydrogen-bond acceptors (Lipinski definition) is 3. The smallest absolute Gasteiger partial charge is 0.281 e. The Balaban J connectivity index is 0.00000256. The summed E-state index contributed by atoms with van der Waals surface area (Å²) in [5.74, 6) is 0.226. The first-order chi connectivity index (χ1) is 7.26. The van der Waals surface area contributed by atoms with Crippen LogP contribution in [0.4, 0.5) is 0 Å². The highest BCUT2D eigenvalue weighted by atomic mass is 35.5. The predicted octanol–water partition coefficient (Wildman–Crippen LogP) is 0.662. The van der Waals surface area contributed by atoms with Crippen LogP contribution in [0.15, 0.2) is 0 Å². The number of halogens is 1. The molecule has 7 heteroatoms. The molecular weight excluding hydrogens is 262 g/mol. The van der Waals surface area contributed by atoms with Crippen molar-refractivity contribution >= 4 is 22.6 Å². The molecule has 5 nitrogen and oxygen atoms in total. The summed E-state index contributed by atoms with van der Waals surface area (Å²) in [5.41, 5.74) is 5.88. The van der Waals surface area contributed by atoms with Gasteiger partial charge in [0, 0.05) is 32.2 Å². The summed E-state index contributed by atoms with van der Waals surface area (Å²) >= 11 is 0. The number of piperidine rings is 1. The van der Waals surface area contributed by atoms with E-state index in [9.17, 15) is 8.42 Å². The van der Waals surface area contributed by atoms with Gasteiger partial charge in [-0.1, -0.05) is 6.92 Å². The highest BCUT2D eigenvalue weighted by Crippen LogP contribution is 2.20. The molecule has 0 saturated carbocycles. The van der Waals surface area contributed by atoms with Gasteiger partial charge >= 0.3 is 0 Å². The van der Waals surface area contributed by atoms with Crippen LogP contribution in [0.1, 0.15) is 27.2 Å². The molecule has 2 unspecified atom stereocenters. The molecule has 0 aromatic heterocycles. The molecular formula is C10H24ClN3O2S. The van der Waals surface area contributed by atoms with Crippen LogP contribution in [0, 0.1) is 5.92 Å². The Morgan fingerprint density at radius 3 is 2.35 bits per heavy atom. The van der Waals surface area contributed by atoms with Gasteiger partial charge in [-0.25, -0.2) is 0 Å². The molecule has 1 heterocycles. The Morgan fingerprint density at radius 1 is 1.41 bits per heavy atom. The molecule has 1 rings (SSSR count). The van der Waals surface area contributed by atoms with Crippen molar-refractivity contribution in [3.05, 3.63) is 0 Å². The van der Waals surface area contributed by atoms with E-state index in [0.29, 0.717) is 13.1 Å². The molecule has 0 radical (unpaired) electrons. The van der Waals surface area contributed by atoms with Crippen LogP contribution in [0.5, 0.6) is 0 Å². The van der Waals surface area contributed by atoms with E-state index >= 15 is 0 Å². The SMILES string of the molecule is CC1CN(S(=O)(=O)N(C)C(C)C)CCC1N.Cl. The lowest BCUT2D eigenvalue weighted by Gasteiger charge is -2.37. The minimum absolute atomic E-state index is 0. The van der Waals surface area contributed by atoms with Crippen LogP contribution in [0.3, 0.4) is 0 Å². The van der Waals surface area contributed by atoms with Crippen molar-refractivity contribution in [2.45, 2.75) is 39.3 Å². The Hall–Kier alpha value is 0.120. The quantitative estimate of drug-likeness (QED) is 0.828. The Bertz CT molecular complexity index is 334. The largest absolute Gasteiger partial charge is 0.327 e. The fourth-order valence-corrected chi connectivity index (χ4v) is 3.44. The zero-order chi connectivity index (χ0) is 12.5. The summed E-state index contributed by atoms with van der Waals surface area (Å²) in [7, 11) is -1.68. The second-order valence-corrected chi connectivity index (χ2v) is 6.89. The average Bonchev–Trinajstić information content (AvgIpc) is 2.20. The highest BCUT2D eigenvalue weighted by molar-refractivity contribution is 7.86. The first-order valence-electron chi connectivity index (χ1n) is 5.75. The van der Waals surface area contributed by atoms with Crippen LogP contribution in [-0.2, 0) is 10.2 Å². The minimum Gasteiger partial charge on any atom is -0.327 e. The van der Waals surface area contributed by atoms with Gasteiger partial charge in [-0.3, -0.25) is 0 Å². The number of nitrogens with zero attached hydrogens (tertiary/aromatic N) is 2. The van der Waals surface area contributed by atoms with Crippen molar-refractivity contribution in [3.63, 3.8) is 0 Å². The van der Waals surface area contributed by atoms with Crippen molar-refractivity contribution in [2.24, 2.45) is 11.7 Å². The third kappa shape index (κ3) is 3.79. The zero-order valence-electron chi connectivity index (χ0n) is 11.0. The van der Waals surface area contributed by atoms with Gasteiger partial charge in [-0.2, -0.15) is 17.0 Å². The maximum absolute atomic E-state index is 12.2. The maximum Gasteiger partial charge on any atom is 0.281 e. The number of rotatable bonds is 3. The Kier molecular flexibility index (Phi) is 6.38. The van der Waals surface area contributed by atoms with E-state index < -0.39 is 10.2 Å². The predicted molar refractivity (Wildman–Crippen MR) is 72.4 cm³/mol. The molecule has 2 atom stereocenters. The number of nitrogens with two attached hydrogens (primary N) is 1. The highest BCUT2D eigenvalue weighted by Gasteiger charge is 2.34. The second-order valence-electron chi connectivity index (χ2n) is 4.91. The maximum atomic E-state index is 12.2. The molecule has 1 fully saturated rings. The molecule has 0 aromatic carbocycles. The normalized spacial score (nSPS) is 27.2. The van der Waals surface area contributed by atoms with Crippen molar-refractivity contribution in [2.75, 3.05) is 20.1 Å². The fraction of sp³-hybridized carbons (Fsp3) is 1.00. The molecule has 0 aromatic rings. The van der Waals surface area contributed by atoms with Crippen molar-refractivity contribution in [1.29, 1.82) is 0 Å². The third-order valence-corrected chi connectivity index (χ3v) is 5.49. The van der Waals surface area contributed by atoms with Gasteiger partial charge in [0.1, 0.15) is 0 Å². The molecule has 0 aliphatic carbocycles. The van der Waals surface area contributed by atoms with Gasteiger partial charge in [-0.05, 0) is 26.2 Å². The molecule has 17 heavy (non-hydrogen) atoms. The van der Waals surface area contributed by atoms with Crippen molar-refractivity contribution in [3.8, 4) is 0 Å². The second kappa shape index (κ2) is 6.33. The van der Waals surface area contributed by atoms with Crippen LogP contribution >= 0.6 is 12.4 Å². The van der Waals surface area contributed by atoms with Gasteiger partial charge in [0.2, 0.25) is 0 Å². The fourth-order valence-electron chi connectivity index (χ4n) is 1.78. The van der Waals surface area contributed by atoms with Crippen LogP contribution < -0.4 is 5.73 Å². The lowest BCUT2D eigenvalue weighted by atomic mass is 9.96. The first-order valence-corrected chi connectivity index (χ1v) is 7.15. The van der Waals surface area contributed by atoms with E-state index in [2.05, 4.69) is 0 Å². The summed E-state index contributed by atoms with van der Waals surface area (Å²) in [6.07, 6.45) is 0.742. The van der Waals surface area contributed by atoms with Crippen molar-refractivity contribution in [1.82, 2.24) is 8.61 Å². The summed E-state index contributed by atoms with van der Waals surface area (Å²) in [6.45, 7) is 6.81. The van der Waals surface area contributed by atoms with E-state index in [1.165, 1.54) is 4.31 Å². The summed E-state index contributed by atoms with van der Waals surface area (Å²) in [4.78, 5) is 0. The Morgan fingerprint density at radius 2 is 1.94 bits per heavy atom. The third-order valence-electron chi connectivity index (χ3n) is 3.35. The molecule has 0 amide bonds. The molecule has 2 N–H and O–H groups in total. The van der Waals surface area contributed by atoms with Gasteiger partial charge in [0.15, 0.2) is 0 Å². The van der Waals surface area contributed by atoms with Crippen LogP contribution in [-0.4, -0.2) is 49.2 Å². The molecule has 1 saturated heterocycles. The average molecular weight is 286 g/mol. The van der Waals surface area contributed by atoms with Gasteiger partial charge in [0.05, 0.1) is 0 Å². The van der Waals surface area contributed by atoms with Crippen LogP contribution in [0.2, 0.25) is 0 Å². The Labute approximate surface area is 111 Å². The van der Waals surface area contributed by atoms with Gasteiger partial charge in [-0.15, -0.1) is 12.4 Å². The van der Waals surface area contributed by atoms with Crippen molar-refractivity contribution < 1.29 is 8.42 Å². The van der Waals surface area contributed by atoms with E-state index in [-0.39, 0.29) is 30.4 Å². The minimum atomic E-state index is -3.31. The van der Waals surface area contributed by atoms with E-state index in [4.69, 9.17) is 5.73 Å². The standard InChI is InChI=1S/C10H23N3O2S.ClH/c1-8(2)12(4)16(14,15)13-6-5-10(11)9(3)7-13;/h8-10H,5-7,11H2,1-4H3;1H. The van der Waals surface area contributed by atoms with E-state index in [1.54, 1.807) is 11.4 Å². The molecule has 0 spiro atoms. The van der Waals surface area contributed by atoms with Gasteiger partial charge < -0.3 is 5.73 Å². The van der Waals surface area contributed by atoms with E-state index in [0.717, 1.165) is 6.42 Å². The van der Waals surface area contributed by atoms with Gasteiger partial charge in [0.25, 0.3) is 10.2 Å². The molecule has 1 aliphatic heterocycles. The zero-order valence-corrected chi connectivity index (χ0v) is 12.6. The summed E-state index contributed by atoms with van der Waals surface area (Å²) in [5, 5.41) is 0. The van der Waals surface area contributed by atoms with E-state index in [1.807, 2.05) is 20.8 Å². The summed E-state index contributed by atoms with van der Waals surface area (Å²) < 4.78 is 27.3. The first kappa shape index (κ1) is 17.1. The lowest BCUT2D eigenvalue weighted by Crippen LogP contribution is -2.52. The molecule has 0 bridgehead atoms. The van der Waals surface area contributed by atoms with Crippen LogP contribution in [0.25, 0.3) is 0 Å².